The molecule has 0 unspecified atom stereocenters. The average Bonchev–Trinajstić information content (AvgIpc) is 3.85. The molecule has 13 rings (SSSR count). The maximum Gasteiger partial charge on any atom is 0.333 e. The molecule has 2 aliphatic heterocycles. The molecule has 0 saturated heterocycles. The first-order valence-electron chi connectivity index (χ1n) is 19.3. The van der Waals surface area contributed by atoms with E-state index >= 15 is 0 Å². The average molecular weight is 701 g/mol. The van der Waals surface area contributed by atoms with Crippen LogP contribution in [0.5, 0.6) is 0 Å². The van der Waals surface area contributed by atoms with Crippen molar-refractivity contribution in [3.05, 3.63) is 175 Å². The molecule has 4 heterocycles. The lowest BCUT2D eigenvalue weighted by atomic mass is 9.43. The summed E-state index contributed by atoms with van der Waals surface area (Å²) in [6.07, 6.45) is 0. The Morgan fingerprint density at radius 3 is 2.16 bits per heavy atom. The molecule has 3 aliphatic rings. The van der Waals surface area contributed by atoms with Gasteiger partial charge in [0.05, 0.1) is 11.0 Å². The lowest BCUT2D eigenvalue weighted by Gasteiger charge is -2.42. The highest BCUT2D eigenvalue weighted by atomic mass is 16.3. The summed E-state index contributed by atoms with van der Waals surface area (Å²) < 4.78 is 9.07. The van der Waals surface area contributed by atoms with Crippen molar-refractivity contribution in [1.29, 1.82) is 0 Å². The van der Waals surface area contributed by atoms with Crippen molar-refractivity contribution in [3.63, 3.8) is 0 Å². The van der Waals surface area contributed by atoms with Gasteiger partial charge in [-0.3, -0.25) is 0 Å². The van der Waals surface area contributed by atoms with Gasteiger partial charge in [-0.25, -0.2) is 0 Å². The van der Waals surface area contributed by atoms with Crippen molar-refractivity contribution < 1.29 is 4.42 Å². The molecule has 8 aromatic carbocycles. The lowest BCUT2D eigenvalue weighted by molar-refractivity contribution is 0.660. The molecule has 0 fully saturated rings. The zero-order valence-electron chi connectivity index (χ0n) is 30.5. The third-order valence-electron chi connectivity index (χ3n) is 13.0. The van der Waals surface area contributed by atoms with Crippen LogP contribution in [0.15, 0.2) is 168 Å². The number of benzene rings is 8. The smallest absolute Gasteiger partial charge is 0.333 e. The summed E-state index contributed by atoms with van der Waals surface area (Å²) >= 11 is 0. The van der Waals surface area contributed by atoms with Crippen LogP contribution in [0.4, 0.5) is 11.4 Å². The molecule has 10 aromatic rings. The molecular formula is C51H33BN2O. The fourth-order valence-corrected chi connectivity index (χ4v) is 10.6. The SMILES string of the molecule is CC1(C)c2ccccc2-c2cc3c(cc21)-c1cc(-c2ccc4c(c2)oc2ccccc24)c2c4ccccc4n4c2c1B(c1ccccc1-4)N3c1ccccc1. The van der Waals surface area contributed by atoms with Gasteiger partial charge in [-0.15, -0.1) is 0 Å². The first-order valence-corrected chi connectivity index (χ1v) is 19.3. The second-order valence-electron chi connectivity index (χ2n) is 16.0. The number of rotatable bonds is 2. The summed E-state index contributed by atoms with van der Waals surface area (Å²) in [5.74, 6) is 0. The van der Waals surface area contributed by atoms with Gasteiger partial charge in [0, 0.05) is 49.6 Å². The molecule has 1 aliphatic carbocycles. The molecule has 3 nitrogen and oxygen atoms in total. The molecular weight excluding hydrogens is 667 g/mol. The molecule has 0 radical (unpaired) electrons. The van der Waals surface area contributed by atoms with Gasteiger partial charge < -0.3 is 13.8 Å². The summed E-state index contributed by atoms with van der Waals surface area (Å²) in [5.41, 5.74) is 21.0. The highest BCUT2D eigenvalue weighted by Gasteiger charge is 2.46. The van der Waals surface area contributed by atoms with Gasteiger partial charge in [0.2, 0.25) is 0 Å². The second kappa shape index (κ2) is 10.2. The van der Waals surface area contributed by atoms with Crippen molar-refractivity contribution in [2.75, 3.05) is 4.81 Å². The van der Waals surface area contributed by atoms with Crippen LogP contribution in [-0.4, -0.2) is 11.4 Å². The Morgan fingerprint density at radius 1 is 0.509 bits per heavy atom. The number of hydrogen-bond acceptors (Lipinski definition) is 2. The molecule has 55 heavy (non-hydrogen) atoms. The minimum Gasteiger partial charge on any atom is -0.456 e. The maximum atomic E-state index is 6.52. The molecule has 0 N–H and O–H groups in total. The number of aromatic nitrogens is 1. The van der Waals surface area contributed by atoms with E-state index in [1.165, 1.54) is 88.7 Å². The van der Waals surface area contributed by atoms with Gasteiger partial charge in [0.25, 0.3) is 0 Å². The molecule has 0 atom stereocenters. The third-order valence-corrected chi connectivity index (χ3v) is 13.0. The molecule has 0 bridgehead atoms. The number of para-hydroxylation sites is 4. The highest BCUT2D eigenvalue weighted by molar-refractivity contribution is 6.93. The normalized spacial score (nSPS) is 14.4. The Hall–Kier alpha value is -6.78. The van der Waals surface area contributed by atoms with Crippen LogP contribution in [0.1, 0.15) is 25.0 Å². The monoisotopic (exact) mass is 700 g/mol. The summed E-state index contributed by atoms with van der Waals surface area (Å²) in [6, 6.07) is 60.8. The minimum absolute atomic E-state index is 0.0324. The van der Waals surface area contributed by atoms with Gasteiger partial charge in [0.1, 0.15) is 11.2 Å². The van der Waals surface area contributed by atoms with Crippen molar-refractivity contribution in [2.24, 2.45) is 0 Å². The van der Waals surface area contributed by atoms with Gasteiger partial charge in [-0.2, -0.15) is 0 Å². The summed E-state index contributed by atoms with van der Waals surface area (Å²) in [5, 5.41) is 4.84. The lowest BCUT2D eigenvalue weighted by Crippen LogP contribution is -2.60. The number of hydrogen-bond donors (Lipinski definition) is 0. The molecule has 0 spiro atoms. The summed E-state index contributed by atoms with van der Waals surface area (Å²) in [7, 11) is 0. The zero-order valence-corrected chi connectivity index (χ0v) is 30.5. The fourth-order valence-electron chi connectivity index (χ4n) is 10.6. The third kappa shape index (κ3) is 3.67. The van der Waals surface area contributed by atoms with Crippen LogP contribution >= 0.6 is 0 Å². The molecule has 0 saturated carbocycles. The van der Waals surface area contributed by atoms with E-state index in [0.717, 1.165) is 27.5 Å². The minimum atomic E-state index is -0.132. The van der Waals surface area contributed by atoms with E-state index in [-0.39, 0.29) is 12.3 Å². The second-order valence-corrected chi connectivity index (χ2v) is 16.0. The van der Waals surface area contributed by atoms with E-state index in [4.69, 9.17) is 4.42 Å². The predicted octanol–water partition coefficient (Wildman–Crippen LogP) is 11.9. The van der Waals surface area contributed by atoms with Crippen LogP contribution in [0.3, 0.4) is 0 Å². The highest BCUT2D eigenvalue weighted by Crippen LogP contribution is 2.55. The van der Waals surface area contributed by atoms with Gasteiger partial charge in [-0.1, -0.05) is 117 Å². The topological polar surface area (TPSA) is 21.3 Å². The Labute approximate surface area is 318 Å². The zero-order chi connectivity index (χ0) is 36.2. The summed E-state index contributed by atoms with van der Waals surface area (Å²) in [4.78, 5) is 2.63. The van der Waals surface area contributed by atoms with Crippen molar-refractivity contribution in [3.8, 4) is 39.1 Å². The van der Waals surface area contributed by atoms with E-state index < -0.39 is 0 Å². The first kappa shape index (κ1) is 29.7. The van der Waals surface area contributed by atoms with Crippen LogP contribution in [-0.2, 0) is 5.41 Å². The number of nitrogens with zero attached hydrogens (tertiary/aromatic N) is 2. The van der Waals surface area contributed by atoms with Crippen LogP contribution in [0.25, 0.3) is 82.8 Å². The Morgan fingerprint density at radius 2 is 1.25 bits per heavy atom. The molecule has 2 aromatic heterocycles. The standard InChI is InChI=1S/C51H33BN2O/c1-51(2)40-19-9-6-16-32(40)37-29-45-38(28-41(37)51)39-27-36(30-24-25-34-33-17-8-13-23-46(33)55-47(34)26-30)48-35-18-7-11-21-43(35)53-44-22-12-10-20-42(44)52(49(39)50(48)53)54(45)31-14-4-3-5-15-31/h3-29H,1-2H3. The predicted molar refractivity (Wildman–Crippen MR) is 230 cm³/mol. The van der Waals surface area contributed by atoms with Gasteiger partial charge in [0.15, 0.2) is 0 Å². The van der Waals surface area contributed by atoms with Crippen molar-refractivity contribution >= 4 is 72.9 Å². The van der Waals surface area contributed by atoms with Crippen molar-refractivity contribution in [1.82, 2.24) is 4.57 Å². The summed E-state index contributed by atoms with van der Waals surface area (Å²) in [6.45, 7) is 4.75. The van der Waals surface area contributed by atoms with Gasteiger partial charge >= 0.3 is 6.85 Å². The van der Waals surface area contributed by atoms with E-state index in [1.807, 2.05) is 6.07 Å². The number of furan rings is 1. The van der Waals surface area contributed by atoms with E-state index in [2.05, 4.69) is 181 Å². The fraction of sp³-hybridized carbons (Fsp3) is 0.0588. The van der Waals surface area contributed by atoms with E-state index in [0.29, 0.717) is 0 Å². The van der Waals surface area contributed by atoms with Crippen LogP contribution in [0.2, 0.25) is 0 Å². The Bertz CT molecular complexity index is 3310. The van der Waals surface area contributed by atoms with Crippen LogP contribution in [0, 0.1) is 0 Å². The Kier molecular flexibility index (Phi) is 5.53. The number of anilines is 2. The molecule has 256 valence electrons. The van der Waals surface area contributed by atoms with Gasteiger partial charge in [-0.05, 0) is 111 Å². The van der Waals surface area contributed by atoms with Crippen LogP contribution < -0.4 is 15.7 Å². The quantitative estimate of drug-likeness (QED) is 0.167. The number of fused-ring (bicyclic) bond motifs is 14. The first-order chi connectivity index (χ1) is 27.1. The van der Waals surface area contributed by atoms with E-state index in [9.17, 15) is 0 Å². The maximum absolute atomic E-state index is 6.52. The molecule has 0 amide bonds. The van der Waals surface area contributed by atoms with Crippen molar-refractivity contribution in [2.45, 2.75) is 19.3 Å². The largest absolute Gasteiger partial charge is 0.456 e. The molecule has 4 heteroatoms. The Balaban J connectivity index is 1.22. The van der Waals surface area contributed by atoms with E-state index in [1.54, 1.807) is 0 Å².